The number of ether oxygens (including phenoxy) is 2. The van der Waals surface area contributed by atoms with Gasteiger partial charge < -0.3 is 20.5 Å². The fourth-order valence-corrected chi connectivity index (χ4v) is 1.61. The van der Waals surface area contributed by atoms with Gasteiger partial charge in [-0.1, -0.05) is 34.1 Å². The van der Waals surface area contributed by atoms with Crippen LogP contribution in [0.25, 0.3) is 0 Å². The number of nitrogens with two attached hydrogens (primary N) is 1. The van der Waals surface area contributed by atoms with Crippen molar-refractivity contribution < 1.29 is 19.1 Å². The zero-order chi connectivity index (χ0) is 14.9. The fraction of sp³-hybridized carbons (Fsp3) is 0.846. The van der Waals surface area contributed by atoms with Crippen molar-refractivity contribution in [2.75, 3.05) is 19.8 Å². The normalized spacial score (nSPS) is 13.7. The molecule has 0 aliphatic rings. The van der Waals surface area contributed by atoms with Crippen LogP contribution in [0.4, 0.5) is 9.59 Å². The minimum Gasteiger partial charge on any atom is -0.449 e. The van der Waals surface area contributed by atoms with Gasteiger partial charge in [-0.3, -0.25) is 0 Å². The molecule has 0 aliphatic carbocycles. The maximum absolute atomic E-state index is 11.5. The Morgan fingerprint density at radius 2 is 1.84 bits per heavy atom. The Bertz CT molecular complexity index is 294. The van der Waals surface area contributed by atoms with Gasteiger partial charge in [-0.2, -0.15) is 0 Å². The van der Waals surface area contributed by atoms with Crippen molar-refractivity contribution in [3.63, 3.8) is 0 Å². The number of hydrogen-bond acceptors (Lipinski definition) is 4. The smallest absolute Gasteiger partial charge is 0.407 e. The number of hydrogen-bond donors (Lipinski definition) is 2. The molecular formula is C13H26N2O4. The van der Waals surface area contributed by atoms with Crippen molar-refractivity contribution in [2.24, 2.45) is 17.1 Å². The van der Waals surface area contributed by atoms with Crippen molar-refractivity contribution in [1.29, 1.82) is 0 Å². The number of alkyl carbamates (subject to hydrolysis) is 1. The summed E-state index contributed by atoms with van der Waals surface area (Å²) in [7, 11) is 0. The molecule has 19 heavy (non-hydrogen) atoms. The van der Waals surface area contributed by atoms with E-state index in [0.29, 0.717) is 12.5 Å². The van der Waals surface area contributed by atoms with Crippen LogP contribution in [0.1, 0.15) is 40.5 Å². The van der Waals surface area contributed by atoms with Gasteiger partial charge in [0.2, 0.25) is 0 Å². The quantitative estimate of drug-likeness (QED) is 0.710. The van der Waals surface area contributed by atoms with Gasteiger partial charge >= 0.3 is 12.2 Å². The molecule has 0 radical (unpaired) electrons. The second-order valence-electron chi connectivity index (χ2n) is 5.52. The highest BCUT2D eigenvalue weighted by Gasteiger charge is 2.27. The van der Waals surface area contributed by atoms with Crippen molar-refractivity contribution in [3.8, 4) is 0 Å². The number of rotatable bonds is 8. The van der Waals surface area contributed by atoms with Crippen LogP contribution in [-0.2, 0) is 9.47 Å². The highest BCUT2D eigenvalue weighted by molar-refractivity contribution is 5.67. The first-order chi connectivity index (χ1) is 8.79. The second-order valence-corrected chi connectivity index (χ2v) is 5.52. The number of carbonyl (C=O) groups is 2. The summed E-state index contributed by atoms with van der Waals surface area (Å²) in [6, 6.07) is 0. The van der Waals surface area contributed by atoms with E-state index >= 15 is 0 Å². The number of amides is 2. The molecule has 0 fully saturated rings. The van der Waals surface area contributed by atoms with E-state index in [1.54, 1.807) is 0 Å². The summed E-state index contributed by atoms with van der Waals surface area (Å²) in [5, 5.41) is 2.67. The average molecular weight is 274 g/mol. The van der Waals surface area contributed by atoms with Crippen molar-refractivity contribution in [2.45, 2.75) is 40.5 Å². The van der Waals surface area contributed by atoms with Gasteiger partial charge in [-0.25, -0.2) is 9.59 Å². The lowest BCUT2D eigenvalue weighted by Crippen LogP contribution is -2.36. The third kappa shape index (κ3) is 9.16. The monoisotopic (exact) mass is 274 g/mol. The summed E-state index contributed by atoms with van der Waals surface area (Å²) in [6.45, 7) is 8.83. The summed E-state index contributed by atoms with van der Waals surface area (Å²) in [5.41, 5.74) is 4.55. The molecule has 1 atom stereocenters. The predicted molar refractivity (Wildman–Crippen MR) is 72.7 cm³/mol. The molecule has 2 amide bonds. The van der Waals surface area contributed by atoms with Crippen LogP contribution in [0, 0.1) is 11.3 Å². The van der Waals surface area contributed by atoms with Crippen LogP contribution in [-0.4, -0.2) is 31.9 Å². The molecule has 3 N–H and O–H groups in total. The van der Waals surface area contributed by atoms with E-state index in [4.69, 9.17) is 15.2 Å². The fourth-order valence-electron chi connectivity index (χ4n) is 1.61. The summed E-state index contributed by atoms with van der Waals surface area (Å²) in [6.07, 6.45) is 0.412. The SMILES string of the molecule is CCCC(C)(COC(N)=O)COC(=O)NCC(C)C. The molecule has 0 spiro atoms. The molecule has 0 aromatic heterocycles. The molecule has 6 nitrogen and oxygen atoms in total. The zero-order valence-corrected chi connectivity index (χ0v) is 12.3. The Morgan fingerprint density at radius 1 is 1.26 bits per heavy atom. The van der Waals surface area contributed by atoms with E-state index in [1.165, 1.54) is 0 Å². The predicted octanol–water partition coefficient (Wildman–Crippen LogP) is 2.27. The summed E-state index contributed by atoms with van der Waals surface area (Å²) in [4.78, 5) is 22.1. The van der Waals surface area contributed by atoms with Gasteiger partial charge in [0.15, 0.2) is 0 Å². The number of carbonyl (C=O) groups excluding carboxylic acids is 2. The Hall–Kier alpha value is -1.46. The largest absolute Gasteiger partial charge is 0.449 e. The van der Waals surface area contributed by atoms with E-state index in [0.717, 1.165) is 12.8 Å². The van der Waals surface area contributed by atoms with Crippen LogP contribution in [0.15, 0.2) is 0 Å². The lowest BCUT2D eigenvalue weighted by molar-refractivity contribution is 0.0336. The lowest BCUT2D eigenvalue weighted by atomic mass is 9.87. The summed E-state index contributed by atoms with van der Waals surface area (Å²) < 4.78 is 9.98. The molecular weight excluding hydrogens is 248 g/mol. The molecule has 0 aromatic carbocycles. The van der Waals surface area contributed by atoms with Crippen LogP contribution in [0.2, 0.25) is 0 Å². The van der Waals surface area contributed by atoms with E-state index in [1.807, 2.05) is 27.7 Å². The van der Waals surface area contributed by atoms with E-state index in [-0.39, 0.29) is 13.2 Å². The highest BCUT2D eigenvalue weighted by Crippen LogP contribution is 2.24. The molecule has 0 saturated heterocycles. The van der Waals surface area contributed by atoms with Crippen molar-refractivity contribution >= 4 is 12.2 Å². The van der Waals surface area contributed by atoms with Gasteiger partial charge in [0, 0.05) is 12.0 Å². The van der Waals surface area contributed by atoms with Gasteiger partial charge in [0.05, 0.1) is 0 Å². The molecule has 1 unspecified atom stereocenters. The highest BCUT2D eigenvalue weighted by atomic mass is 16.6. The van der Waals surface area contributed by atoms with Gasteiger partial charge in [-0.15, -0.1) is 0 Å². The Kier molecular flexibility index (Phi) is 7.95. The third-order valence-electron chi connectivity index (χ3n) is 2.62. The number of primary amides is 1. The first-order valence-electron chi connectivity index (χ1n) is 6.62. The topological polar surface area (TPSA) is 90.7 Å². The van der Waals surface area contributed by atoms with Crippen molar-refractivity contribution in [3.05, 3.63) is 0 Å². The van der Waals surface area contributed by atoms with E-state index < -0.39 is 17.6 Å². The number of nitrogens with one attached hydrogen (secondary N) is 1. The second kappa shape index (κ2) is 8.61. The molecule has 0 aliphatic heterocycles. The molecule has 112 valence electrons. The molecule has 0 bridgehead atoms. The van der Waals surface area contributed by atoms with Gasteiger partial charge in [-0.05, 0) is 12.3 Å². The van der Waals surface area contributed by atoms with E-state index in [2.05, 4.69) is 5.32 Å². The Morgan fingerprint density at radius 3 is 2.32 bits per heavy atom. The molecule has 0 heterocycles. The summed E-state index contributed by atoms with van der Waals surface area (Å²) >= 11 is 0. The maximum atomic E-state index is 11.5. The summed E-state index contributed by atoms with van der Waals surface area (Å²) in [5.74, 6) is 0.368. The van der Waals surface area contributed by atoms with Gasteiger partial charge in [0.25, 0.3) is 0 Å². The Balaban J connectivity index is 4.18. The third-order valence-corrected chi connectivity index (χ3v) is 2.62. The molecule has 6 heteroatoms. The minimum absolute atomic E-state index is 0.146. The van der Waals surface area contributed by atoms with Crippen LogP contribution in [0.3, 0.4) is 0 Å². The average Bonchev–Trinajstić information content (AvgIpc) is 2.32. The lowest BCUT2D eigenvalue weighted by Gasteiger charge is -2.27. The minimum atomic E-state index is -0.813. The first-order valence-corrected chi connectivity index (χ1v) is 6.62. The van der Waals surface area contributed by atoms with Crippen LogP contribution < -0.4 is 11.1 Å². The van der Waals surface area contributed by atoms with Crippen LogP contribution >= 0.6 is 0 Å². The zero-order valence-electron chi connectivity index (χ0n) is 12.3. The molecule has 0 saturated carbocycles. The van der Waals surface area contributed by atoms with Crippen LogP contribution in [0.5, 0.6) is 0 Å². The molecule has 0 rings (SSSR count). The standard InChI is InChI=1S/C13H26N2O4/c1-5-6-13(4,8-18-11(14)16)9-19-12(17)15-7-10(2)3/h10H,5-9H2,1-4H3,(H2,14,16)(H,15,17). The van der Waals surface area contributed by atoms with E-state index in [9.17, 15) is 9.59 Å². The Labute approximate surface area is 115 Å². The van der Waals surface area contributed by atoms with Crippen molar-refractivity contribution in [1.82, 2.24) is 5.32 Å². The first kappa shape index (κ1) is 17.5. The molecule has 0 aromatic rings. The maximum Gasteiger partial charge on any atom is 0.407 e. The van der Waals surface area contributed by atoms with Gasteiger partial charge in [0.1, 0.15) is 13.2 Å².